The Morgan fingerprint density at radius 3 is 0.767 bits per heavy atom. The predicted octanol–water partition coefficient (Wildman–Crippen LogP) is -0.763. The van der Waals surface area contributed by atoms with Crippen LogP contribution in [-0.2, 0) is 60.9 Å². The molecule has 0 spiro atoms. The van der Waals surface area contributed by atoms with Crippen molar-refractivity contribution >= 4 is 60.9 Å². The normalized spacial score (nSPS) is 14.0. The lowest BCUT2D eigenvalue weighted by Gasteiger charge is -2.19. The first-order valence-corrected chi connectivity index (χ1v) is 15.1. The van der Waals surface area contributed by atoms with Crippen LogP contribution in [0.25, 0.3) is 12.4 Å². The van der Waals surface area contributed by atoms with Crippen LogP contribution in [0.4, 0.5) is 20.9 Å². The van der Waals surface area contributed by atoms with E-state index in [4.69, 9.17) is 0 Å². The molecule has 0 atom stereocenters. The Kier molecular flexibility index (Phi) is 12.1. The van der Waals surface area contributed by atoms with Crippen LogP contribution in [-0.4, -0.2) is 74.8 Å². The molecule has 0 saturated carbocycles. The number of sulfonamides is 4. The van der Waals surface area contributed by atoms with Crippen LogP contribution in [0.1, 0.15) is 0 Å². The van der Waals surface area contributed by atoms with Gasteiger partial charge in [0.05, 0.1) is 30.1 Å². The summed E-state index contributed by atoms with van der Waals surface area (Å²) in [5.74, 6) is 0. The molecule has 186 valence electrons. The zero-order valence-corrected chi connectivity index (χ0v) is 19.0. The molecule has 0 aromatic heterocycles. The van der Waals surface area contributed by atoms with Gasteiger partial charge in [-0.3, -0.25) is 0 Å². The fraction of sp³-hybridized carbons (Fsp3) is 1.00. The second kappa shape index (κ2) is 10.7. The summed E-state index contributed by atoms with van der Waals surface area (Å²) >= 11 is 0. The summed E-state index contributed by atoms with van der Waals surface area (Å²) in [7, 11) is -29.2. The van der Waals surface area contributed by atoms with Crippen molar-refractivity contribution in [3.8, 4) is 0 Å². The predicted molar refractivity (Wildman–Crippen MR) is 89.6 cm³/mol. The largest absolute Gasteiger partial charge is 0.480 e. The van der Waals surface area contributed by atoms with Gasteiger partial charge in [0.25, 0.3) is 0 Å². The van der Waals surface area contributed by atoms with Gasteiger partial charge >= 0.3 is 5.51 Å². The monoisotopic (exact) mass is 578 g/mol. The van der Waals surface area contributed by atoms with Crippen LogP contribution < -0.4 is 0 Å². The first-order chi connectivity index (χ1) is 12.4. The topological polar surface area (TPSA) is 247 Å². The maximum Gasteiger partial charge on any atom is 0.480 e. The molecular weight excluding hydrogens is 569 g/mol. The lowest BCUT2D eigenvalue weighted by molar-refractivity contribution is -0.0425. The molecule has 0 heterocycles. The molecule has 0 aliphatic carbocycles. The molecule has 0 aromatic carbocycles. The molecule has 0 saturated heterocycles. The fourth-order valence-electron chi connectivity index (χ4n) is 0.573. The number of hydrogen-bond donors (Lipinski definition) is 0. The number of hydrogen-bond acceptors (Lipinski definition) is 12. The van der Waals surface area contributed by atoms with Crippen LogP contribution >= 0.6 is 0 Å². The van der Waals surface area contributed by atoms with Crippen molar-refractivity contribution in [2.24, 2.45) is 0 Å². The van der Waals surface area contributed by atoms with E-state index in [0.29, 0.717) is 12.5 Å². The molecule has 0 N–H and O–H groups in total. The van der Waals surface area contributed by atoms with E-state index in [9.17, 15) is 71.4 Å². The second-order valence-corrected chi connectivity index (χ2v) is 13.4. The average molecular weight is 579 g/mol. The lowest BCUT2D eigenvalue weighted by Crippen LogP contribution is -2.23. The maximum absolute atomic E-state index is 11.4. The van der Waals surface area contributed by atoms with Crippen molar-refractivity contribution in [1.29, 1.82) is 0 Å². The lowest BCUT2D eigenvalue weighted by atomic mass is 11.6. The molecule has 0 fully saturated rings. The Balaban J connectivity index is -0.000000371. The summed E-state index contributed by atoms with van der Waals surface area (Å²) in [5.41, 5.74) is -5.67. The van der Waals surface area contributed by atoms with Crippen LogP contribution in [0.15, 0.2) is 0 Å². The molecule has 0 rings (SSSR count). The highest BCUT2D eigenvalue weighted by molar-refractivity contribution is 8.12. The molecule has 0 radical (unpaired) electrons. The first kappa shape index (κ1) is 33.9. The third-order valence-corrected chi connectivity index (χ3v) is 7.02. The molecule has 0 aliphatic heterocycles. The van der Waals surface area contributed by atoms with Gasteiger partial charge in [-0.1, -0.05) is 0 Å². The number of halogens is 5. The maximum atomic E-state index is 11.4. The van der Waals surface area contributed by atoms with Gasteiger partial charge in [-0.25, -0.2) is 50.5 Å². The molecule has 0 amide bonds. The van der Waals surface area contributed by atoms with E-state index >= 15 is 0 Å². The quantitative estimate of drug-likeness (QED) is 0.278. The standard InChI is InChI=1S/C2H3F3NO4S2.C2H6NO4S2.F2NO4S2/c1-11(7,8)6-12(9,10)2(3,4)5;2*1-8(4,5)3-9(2,6)7/h1H3;1-2H3;/q3*-1. The fourth-order valence-corrected chi connectivity index (χ4v) is 5.16. The van der Waals surface area contributed by atoms with Gasteiger partial charge in [0.1, 0.15) is 0 Å². The SMILES string of the molecule is CS(=O)(=O)[N-]S(=O)(=O)C(F)(F)F.CS(=O)(=O)[N-]S(C)(=O)=O.O=S(=O)(F)[N-]S(=O)(=O)F. The van der Waals surface area contributed by atoms with E-state index in [0.717, 1.165) is 4.13 Å². The Hall–Kier alpha value is -0.770. The third-order valence-electron chi connectivity index (χ3n) is 0.975. The van der Waals surface area contributed by atoms with Gasteiger partial charge in [-0.05, 0) is 0 Å². The zero-order valence-electron chi connectivity index (χ0n) is 14.1. The summed E-state index contributed by atoms with van der Waals surface area (Å²) < 4.78 is 179. The number of nitrogens with zero attached hydrogens (tertiary/aromatic N) is 3. The minimum absolute atomic E-state index is 0.246. The molecule has 0 aromatic rings. The summed E-state index contributed by atoms with van der Waals surface area (Å²) in [6, 6.07) is 0. The minimum atomic E-state index is -5.92. The third kappa shape index (κ3) is 27.2. The van der Waals surface area contributed by atoms with Gasteiger partial charge in [0, 0.05) is 18.8 Å². The molecular formula is C4H9F5N3O12S6-3. The summed E-state index contributed by atoms with van der Waals surface area (Å²) in [4.78, 5) is 0. The van der Waals surface area contributed by atoms with Gasteiger partial charge in [-0.15, -0.1) is 7.77 Å². The van der Waals surface area contributed by atoms with Crippen molar-refractivity contribution in [2.45, 2.75) is 5.51 Å². The van der Waals surface area contributed by atoms with Crippen molar-refractivity contribution in [3.05, 3.63) is 12.4 Å². The van der Waals surface area contributed by atoms with Crippen molar-refractivity contribution in [2.75, 3.05) is 18.8 Å². The minimum Gasteiger partial charge on any atom is -0.437 e. The zero-order chi connectivity index (χ0) is 25.6. The summed E-state index contributed by atoms with van der Waals surface area (Å²) in [6.45, 7) is 0. The van der Waals surface area contributed by atoms with Crippen molar-refractivity contribution in [3.63, 3.8) is 0 Å². The average Bonchev–Trinajstić information content (AvgIpc) is 2.12. The molecule has 26 heteroatoms. The Morgan fingerprint density at radius 1 is 0.500 bits per heavy atom. The molecule has 0 aliphatic rings. The summed E-state index contributed by atoms with van der Waals surface area (Å²) in [5, 5.41) is 0. The highest BCUT2D eigenvalue weighted by Gasteiger charge is 2.39. The Labute approximate surface area is 168 Å². The summed E-state index contributed by atoms with van der Waals surface area (Å²) in [6.07, 6.45) is 1.68. The number of rotatable bonds is 6. The van der Waals surface area contributed by atoms with Gasteiger partial charge in [0.15, 0.2) is 10.0 Å². The molecule has 15 nitrogen and oxygen atoms in total. The molecule has 30 heavy (non-hydrogen) atoms. The van der Waals surface area contributed by atoms with E-state index in [1.807, 2.05) is 0 Å². The van der Waals surface area contributed by atoms with Gasteiger partial charge in [0.2, 0.25) is 20.8 Å². The van der Waals surface area contributed by atoms with E-state index in [2.05, 4.69) is 4.13 Å². The van der Waals surface area contributed by atoms with Crippen molar-refractivity contribution < 1.29 is 71.4 Å². The highest BCUT2D eigenvalue weighted by atomic mass is 32.3. The first-order valence-electron chi connectivity index (χ1n) is 5.40. The Bertz CT molecular complexity index is 1090. The van der Waals surface area contributed by atoms with Crippen LogP contribution in [0.3, 0.4) is 0 Å². The van der Waals surface area contributed by atoms with Gasteiger partial charge < -0.3 is 12.4 Å². The molecule has 0 bridgehead atoms. The van der Waals surface area contributed by atoms with Crippen LogP contribution in [0.2, 0.25) is 0 Å². The van der Waals surface area contributed by atoms with Crippen LogP contribution in [0.5, 0.6) is 0 Å². The second-order valence-electron chi connectivity index (χ2n) is 4.17. The van der Waals surface area contributed by atoms with Gasteiger partial charge in [-0.2, -0.15) is 13.2 Å². The highest BCUT2D eigenvalue weighted by Crippen LogP contribution is 2.29. The molecule has 0 unspecified atom stereocenters. The number of alkyl halides is 3. The van der Waals surface area contributed by atoms with E-state index in [1.165, 1.54) is 0 Å². The van der Waals surface area contributed by atoms with Crippen molar-refractivity contribution in [1.82, 2.24) is 0 Å². The Morgan fingerprint density at radius 2 is 0.733 bits per heavy atom. The van der Waals surface area contributed by atoms with Crippen LogP contribution in [0, 0.1) is 0 Å². The smallest absolute Gasteiger partial charge is 0.437 e. The van der Waals surface area contributed by atoms with E-state index < -0.39 is 66.4 Å². The van der Waals surface area contributed by atoms with E-state index in [1.54, 1.807) is 4.13 Å². The van der Waals surface area contributed by atoms with E-state index in [-0.39, 0.29) is 6.26 Å².